The smallest absolute Gasteiger partial charge is 0.345 e. The Balaban J connectivity index is 2.36. The number of ether oxygens (including phenoxy) is 2. The maximum Gasteiger partial charge on any atom is 0.345 e. The van der Waals surface area contributed by atoms with Crippen LogP contribution in [0.3, 0.4) is 0 Å². The van der Waals surface area contributed by atoms with E-state index in [0.717, 1.165) is 5.00 Å². The predicted octanol–water partition coefficient (Wildman–Crippen LogP) is 2.30. The molecule has 2 rings (SSSR count). The molecular weight excluding hydrogens is 290 g/mol. The highest BCUT2D eigenvalue weighted by Crippen LogP contribution is 2.37. The summed E-state index contributed by atoms with van der Waals surface area (Å²) in [5.74, 6) is -0.184. The minimum Gasteiger partial charge on any atom is -0.462 e. The number of carbonyl (C=O) groups excluding carboxylic acids is 1. The lowest BCUT2D eigenvalue weighted by Crippen LogP contribution is -2.57. The number of hydrogen-bond donors (Lipinski definition) is 1. The Labute approximate surface area is 129 Å². The van der Waals surface area contributed by atoms with E-state index >= 15 is 0 Å². The molecule has 21 heavy (non-hydrogen) atoms. The molecule has 0 unspecified atom stereocenters. The molecular formula is C14H23N3O3S. The van der Waals surface area contributed by atoms with Gasteiger partial charge in [-0.1, -0.05) is 0 Å². The van der Waals surface area contributed by atoms with E-state index < -0.39 is 5.97 Å². The van der Waals surface area contributed by atoms with E-state index in [1.54, 1.807) is 6.92 Å². The highest BCUT2D eigenvalue weighted by atomic mass is 32.1. The van der Waals surface area contributed by atoms with Crippen molar-refractivity contribution in [3.05, 3.63) is 5.56 Å². The molecule has 0 bridgehead atoms. The van der Waals surface area contributed by atoms with Gasteiger partial charge in [-0.05, 0) is 46.2 Å². The molecule has 0 radical (unpaired) electrons. The second-order valence-electron chi connectivity index (χ2n) is 6.45. The molecule has 6 nitrogen and oxygen atoms in total. The fourth-order valence-electron chi connectivity index (χ4n) is 2.84. The van der Waals surface area contributed by atoms with Crippen LogP contribution in [0.15, 0.2) is 0 Å². The van der Waals surface area contributed by atoms with Gasteiger partial charge in [-0.3, -0.25) is 0 Å². The van der Waals surface area contributed by atoms with Crippen LogP contribution in [-0.4, -0.2) is 41.2 Å². The molecule has 1 aromatic rings. The topological polar surface area (TPSA) is 77.7 Å². The highest BCUT2D eigenvalue weighted by molar-refractivity contribution is 7.11. The summed E-state index contributed by atoms with van der Waals surface area (Å²) in [6.07, 6.45) is 0. The third-order valence-electron chi connectivity index (χ3n) is 3.16. The van der Waals surface area contributed by atoms with E-state index in [4.69, 9.17) is 15.2 Å². The van der Waals surface area contributed by atoms with Gasteiger partial charge in [-0.25, -0.2) is 4.79 Å². The number of nitrogens with zero attached hydrogens (tertiary/aromatic N) is 2. The summed E-state index contributed by atoms with van der Waals surface area (Å²) in [5, 5.41) is 0.760. The first kappa shape index (κ1) is 16.0. The quantitative estimate of drug-likeness (QED) is 0.863. The maximum absolute atomic E-state index is 12.1. The summed E-state index contributed by atoms with van der Waals surface area (Å²) in [6, 6.07) is 0. The van der Waals surface area contributed by atoms with Crippen LogP contribution in [0.1, 0.15) is 45.0 Å². The Morgan fingerprint density at radius 2 is 1.95 bits per heavy atom. The van der Waals surface area contributed by atoms with Gasteiger partial charge in [0.15, 0.2) is 5.82 Å². The van der Waals surface area contributed by atoms with Crippen molar-refractivity contribution in [2.24, 2.45) is 0 Å². The third-order valence-corrected chi connectivity index (χ3v) is 4.09. The van der Waals surface area contributed by atoms with Gasteiger partial charge in [0.1, 0.15) is 10.6 Å². The second kappa shape index (κ2) is 5.46. The van der Waals surface area contributed by atoms with E-state index in [0.29, 0.717) is 25.3 Å². The van der Waals surface area contributed by atoms with Crippen LogP contribution in [0.2, 0.25) is 0 Å². The minimum atomic E-state index is -0.416. The van der Waals surface area contributed by atoms with Gasteiger partial charge in [0, 0.05) is 13.1 Å². The Bertz CT molecular complexity index is 524. The molecule has 0 aliphatic carbocycles. The van der Waals surface area contributed by atoms with Crippen LogP contribution >= 0.6 is 11.5 Å². The fraction of sp³-hybridized carbons (Fsp3) is 0.714. The van der Waals surface area contributed by atoms with Gasteiger partial charge in [-0.15, -0.1) is 0 Å². The zero-order chi connectivity index (χ0) is 15.8. The summed E-state index contributed by atoms with van der Waals surface area (Å²) >= 11 is 1.23. The van der Waals surface area contributed by atoms with Crippen molar-refractivity contribution < 1.29 is 14.3 Å². The predicted molar refractivity (Wildman–Crippen MR) is 83.9 cm³/mol. The summed E-state index contributed by atoms with van der Waals surface area (Å²) in [7, 11) is 0. The summed E-state index contributed by atoms with van der Waals surface area (Å²) in [4.78, 5) is 14.2. The van der Waals surface area contributed by atoms with Crippen LogP contribution in [0.25, 0.3) is 0 Å². The van der Waals surface area contributed by atoms with Crippen molar-refractivity contribution in [3.63, 3.8) is 0 Å². The molecule has 1 aliphatic rings. The van der Waals surface area contributed by atoms with Crippen molar-refractivity contribution in [3.8, 4) is 0 Å². The first-order valence-electron chi connectivity index (χ1n) is 7.02. The largest absolute Gasteiger partial charge is 0.462 e. The van der Waals surface area contributed by atoms with Gasteiger partial charge < -0.3 is 20.1 Å². The second-order valence-corrected chi connectivity index (χ2v) is 7.20. The van der Waals surface area contributed by atoms with E-state index in [1.807, 2.05) is 27.7 Å². The first-order chi connectivity index (χ1) is 9.65. The normalized spacial score (nSPS) is 20.3. The Morgan fingerprint density at radius 1 is 1.38 bits per heavy atom. The molecule has 2 heterocycles. The van der Waals surface area contributed by atoms with Crippen LogP contribution in [0, 0.1) is 0 Å². The molecule has 118 valence electrons. The van der Waals surface area contributed by atoms with Crippen LogP contribution in [0.4, 0.5) is 10.8 Å². The van der Waals surface area contributed by atoms with E-state index in [9.17, 15) is 4.79 Å². The van der Waals surface area contributed by atoms with Crippen molar-refractivity contribution in [1.29, 1.82) is 0 Å². The van der Waals surface area contributed by atoms with Crippen LogP contribution < -0.4 is 10.6 Å². The fourth-order valence-corrected chi connectivity index (χ4v) is 3.64. The van der Waals surface area contributed by atoms with Crippen LogP contribution in [-0.2, 0) is 9.47 Å². The molecule has 1 saturated heterocycles. The summed E-state index contributed by atoms with van der Waals surface area (Å²) in [6.45, 7) is 11.6. The molecule has 0 spiro atoms. The molecule has 2 N–H and O–H groups in total. The minimum absolute atomic E-state index is 0.232. The number of nitrogens with two attached hydrogens (primary N) is 1. The number of rotatable bonds is 3. The first-order valence-corrected chi connectivity index (χ1v) is 7.80. The maximum atomic E-state index is 12.1. The molecule has 1 fully saturated rings. The van der Waals surface area contributed by atoms with Crippen LogP contribution in [0.5, 0.6) is 0 Å². The van der Waals surface area contributed by atoms with Crippen molar-refractivity contribution in [2.45, 2.75) is 45.8 Å². The van der Waals surface area contributed by atoms with Crippen molar-refractivity contribution >= 4 is 28.3 Å². The van der Waals surface area contributed by atoms with Crippen molar-refractivity contribution in [2.75, 3.05) is 30.3 Å². The number of anilines is 2. The molecule has 0 atom stereocenters. The standard InChI is InChI=1S/C14H23N3O3S/c1-6-19-12(18)9-10(15)16-21-11(9)17-7-13(2,3)20-14(4,5)8-17/h6-8H2,1-5H3,(H2,15,16). The molecule has 0 amide bonds. The van der Waals surface area contributed by atoms with Gasteiger partial charge in [0.05, 0.1) is 17.8 Å². The Morgan fingerprint density at radius 3 is 2.48 bits per heavy atom. The molecule has 7 heteroatoms. The number of morpholine rings is 1. The average Bonchev–Trinajstić information content (AvgIpc) is 2.67. The number of aromatic nitrogens is 1. The van der Waals surface area contributed by atoms with E-state index in [1.165, 1.54) is 11.5 Å². The van der Waals surface area contributed by atoms with E-state index in [2.05, 4.69) is 9.27 Å². The SMILES string of the molecule is CCOC(=O)c1c(N)nsc1N1CC(C)(C)OC(C)(C)C1. The average molecular weight is 313 g/mol. The van der Waals surface area contributed by atoms with E-state index in [-0.39, 0.29) is 17.0 Å². The Kier molecular flexibility index (Phi) is 4.17. The Hall–Kier alpha value is -1.34. The zero-order valence-corrected chi connectivity index (χ0v) is 14.0. The summed E-state index contributed by atoms with van der Waals surface area (Å²) < 4.78 is 15.3. The number of nitrogen functional groups attached to an aromatic ring is 1. The molecule has 1 aliphatic heterocycles. The van der Waals surface area contributed by atoms with Gasteiger partial charge in [0.2, 0.25) is 0 Å². The number of carbonyl (C=O) groups is 1. The molecule has 0 saturated carbocycles. The monoisotopic (exact) mass is 313 g/mol. The lowest BCUT2D eigenvalue weighted by Gasteiger charge is -2.47. The third kappa shape index (κ3) is 3.47. The van der Waals surface area contributed by atoms with Crippen molar-refractivity contribution in [1.82, 2.24) is 4.37 Å². The number of esters is 1. The lowest BCUT2D eigenvalue weighted by molar-refractivity contribution is -0.132. The number of hydrogen-bond acceptors (Lipinski definition) is 7. The molecule has 1 aromatic heterocycles. The van der Waals surface area contributed by atoms with Gasteiger partial charge in [0.25, 0.3) is 0 Å². The lowest BCUT2D eigenvalue weighted by atomic mass is 9.99. The molecule has 0 aromatic carbocycles. The summed E-state index contributed by atoms with van der Waals surface area (Å²) in [5.41, 5.74) is 5.60. The zero-order valence-electron chi connectivity index (χ0n) is 13.2. The van der Waals surface area contributed by atoms with Gasteiger partial charge in [-0.2, -0.15) is 4.37 Å². The highest BCUT2D eigenvalue weighted by Gasteiger charge is 2.40. The van der Waals surface area contributed by atoms with Gasteiger partial charge >= 0.3 is 5.97 Å².